The predicted octanol–water partition coefficient (Wildman–Crippen LogP) is 1.18. The summed E-state index contributed by atoms with van der Waals surface area (Å²) in [5.74, 6) is 1.25. The van der Waals surface area contributed by atoms with E-state index in [-0.39, 0.29) is 11.6 Å². The van der Waals surface area contributed by atoms with Crippen molar-refractivity contribution in [3.63, 3.8) is 0 Å². The molecule has 1 aromatic carbocycles. The van der Waals surface area contributed by atoms with Gasteiger partial charge in [-0.2, -0.15) is 0 Å². The number of aromatic hydroxyl groups is 1. The second-order valence-electron chi connectivity index (χ2n) is 5.95. The molecule has 0 aliphatic carbocycles. The third-order valence-corrected chi connectivity index (χ3v) is 4.25. The number of phenols is 1. The van der Waals surface area contributed by atoms with Crippen LogP contribution in [0.5, 0.6) is 11.5 Å². The average Bonchev–Trinajstić information content (AvgIpc) is 2.42. The lowest BCUT2D eigenvalue weighted by Crippen LogP contribution is -2.45. The Hall–Kier alpha value is -2.11. The third kappa shape index (κ3) is 2.84. The molecule has 1 atom stereocenters. The first-order valence-corrected chi connectivity index (χ1v) is 7.07. The summed E-state index contributed by atoms with van der Waals surface area (Å²) in [5, 5.41) is 14.0. The molecule has 6 heteroatoms. The summed E-state index contributed by atoms with van der Waals surface area (Å²) in [6, 6.07) is 0. The summed E-state index contributed by atoms with van der Waals surface area (Å²) < 4.78 is 6.22. The number of nitrogens with two attached hydrogens (primary N) is 2. The number of ether oxygens (including phenoxy) is 1. The Bertz CT molecular complexity index is 594. The highest BCUT2D eigenvalue weighted by atomic mass is 16.5. The molecule has 6 N–H and O–H groups in total. The van der Waals surface area contributed by atoms with Crippen LogP contribution in [-0.4, -0.2) is 23.2 Å². The van der Waals surface area contributed by atoms with Crippen LogP contribution in [0.3, 0.4) is 0 Å². The van der Waals surface area contributed by atoms with Gasteiger partial charge in [0.05, 0.1) is 6.54 Å². The number of guanidine groups is 1. The van der Waals surface area contributed by atoms with Crippen LogP contribution < -0.4 is 21.6 Å². The van der Waals surface area contributed by atoms with Crippen molar-refractivity contribution < 1.29 is 9.84 Å². The van der Waals surface area contributed by atoms with Crippen LogP contribution in [0.4, 0.5) is 0 Å². The Labute approximate surface area is 125 Å². The van der Waals surface area contributed by atoms with Crippen molar-refractivity contribution in [2.75, 3.05) is 6.54 Å². The van der Waals surface area contributed by atoms with Crippen molar-refractivity contribution in [1.82, 2.24) is 5.43 Å². The molecule has 116 valence electrons. The van der Waals surface area contributed by atoms with Crippen molar-refractivity contribution in [2.45, 2.75) is 46.1 Å². The fourth-order valence-corrected chi connectivity index (χ4v) is 2.72. The van der Waals surface area contributed by atoms with E-state index in [9.17, 15) is 5.11 Å². The Morgan fingerprint density at radius 2 is 1.95 bits per heavy atom. The summed E-state index contributed by atoms with van der Waals surface area (Å²) >= 11 is 0. The van der Waals surface area contributed by atoms with Crippen molar-refractivity contribution in [3.05, 3.63) is 22.3 Å². The molecule has 0 saturated carbocycles. The van der Waals surface area contributed by atoms with Gasteiger partial charge in [-0.25, -0.2) is 0 Å². The standard InChI is InChI=1S/C15H24N4O2/c1-8-9(2)13-11(10(3)12(8)20)5-6-15(4,21-13)7-18-19-14(16)17/h18,20H,5-7H2,1-4H3,(H4,16,17,19). The topological polar surface area (TPSA) is 106 Å². The van der Waals surface area contributed by atoms with E-state index in [1.165, 1.54) is 0 Å². The molecule has 0 saturated heterocycles. The highest BCUT2D eigenvalue weighted by Crippen LogP contribution is 2.43. The fraction of sp³-hybridized carbons (Fsp3) is 0.533. The molecule has 0 fully saturated rings. The lowest BCUT2D eigenvalue weighted by Gasteiger charge is -2.37. The number of hydrazone groups is 1. The lowest BCUT2D eigenvalue weighted by atomic mass is 9.87. The van der Waals surface area contributed by atoms with Crippen LogP contribution in [0.2, 0.25) is 0 Å². The molecule has 1 heterocycles. The number of rotatable bonds is 3. The number of fused-ring (bicyclic) bond motifs is 1. The Balaban J connectivity index is 2.30. The number of hydrogen-bond donors (Lipinski definition) is 4. The molecule has 2 rings (SSSR count). The van der Waals surface area contributed by atoms with E-state index in [0.29, 0.717) is 12.3 Å². The van der Waals surface area contributed by atoms with Gasteiger partial charge in [-0.15, -0.1) is 5.10 Å². The van der Waals surface area contributed by atoms with Gasteiger partial charge in [-0.05, 0) is 57.2 Å². The molecular formula is C15H24N4O2. The normalized spacial score (nSPS) is 20.4. The number of nitrogens with one attached hydrogen (secondary N) is 1. The molecule has 0 aromatic heterocycles. The van der Waals surface area contributed by atoms with Gasteiger partial charge in [0, 0.05) is 5.56 Å². The van der Waals surface area contributed by atoms with Crippen LogP contribution in [0.15, 0.2) is 5.10 Å². The SMILES string of the molecule is Cc1c(C)c2c(c(C)c1O)CCC(C)(CNN=C(N)N)O2. The molecule has 0 spiro atoms. The smallest absolute Gasteiger partial charge is 0.208 e. The fourth-order valence-electron chi connectivity index (χ4n) is 2.72. The molecule has 0 radical (unpaired) electrons. The summed E-state index contributed by atoms with van der Waals surface area (Å²) in [6.07, 6.45) is 1.69. The van der Waals surface area contributed by atoms with Crippen molar-refractivity contribution >= 4 is 5.96 Å². The zero-order chi connectivity index (χ0) is 15.8. The quantitative estimate of drug-likeness (QED) is 0.380. The number of hydrogen-bond acceptors (Lipinski definition) is 4. The number of phenolic OH excluding ortho intramolecular Hbond substituents is 1. The van der Waals surface area contributed by atoms with Crippen molar-refractivity contribution in [3.8, 4) is 11.5 Å². The van der Waals surface area contributed by atoms with Crippen molar-refractivity contribution in [2.24, 2.45) is 16.6 Å². The zero-order valence-corrected chi connectivity index (χ0v) is 13.1. The molecule has 0 amide bonds. The first-order valence-electron chi connectivity index (χ1n) is 7.07. The van der Waals surface area contributed by atoms with E-state index >= 15 is 0 Å². The third-order valence-electron chi connectivity index (χ3n) is 4.25. The van der Waals surface area contributed by atoms with Crippen LogP contribution in [0.25, 0.3) is 0 Å². The minimum atomic E-state index is -0.382. The second kappa shape index (κ2) is 5.35. The minimum Gasteiger partial charge on any atom is -0.507 e. The summed E-state index contributed by atoms with van der Waals surface area (Å²) in [4.78, 5) is 0. The van der Waals surface area contributed by atoms with Crippen LogP contribution >= 0.6 is 0 Å². The van der Waals surface area contributed by atoms with Crippen LogP contribution in [0, 0.1) is 20.8 Å². The lowest BCUT2D eigenvalue weighted by molar-refractivity contribution is 0.0637. The molecule has 1 unspecified atom stereocenters. The number of benzene rings is 1. The average molecular weight is 292 g/mol. The van der Waals surface area contributed by atoms with Gasteiger partial charge in [-0.1, -0.05) is 0 Å². The van der Waals surface area contributed by atoms with Gasteiger partial charge in [-0.3, -0.25) is 0 Å². The maximum Gasteiger partial charge on any atom is 0.208 e. The van der Waals surface area contributed by atoms with E-state index in [1.54, 1.807) is 0 Å². The van der Waals surface area contributed by atoms with Gasteiger partial charge >= 0.3 is 0 Å². The summed E-state index contributed by atoms with van der Waals surface area (Å²) in [5.41, 5.74) is 16.9. The van der Waals surface area contributed by atoms with Gasteiger partial charge in [0.2, 0.25) is 5.96 Å². The van der Waals surface area contributed by atoms with E-state index in [2.05, 4.69) is 10.5 Å². The molecule has 1 aliphatic rings. The Morgan fingerprint density at radius 1 is 1.29 bits per heavy atom. The van der Waals surface area contributed by atoms with Gasteiger partial charge in [0.25, 0.3) is 0 Å². The van der Waals surface area contributed by atoms with Gasteiger partial charge < -0.3 is 26.7 Å². The molecular weight excluding hydrogens is 268 g/mol. The highest BCUT2D eigenvalue weighted by Gasteiger charge is 2.34. The maximum atomic E-state index is 10.2. The highest BCUT2D eigenvalue weighted by molar-refractivity contribution is 5.75. The predicted molar refractivity (Wildman–Crippen MR) is 83.5 cm³/mol. The first-order chi connectivity index (χ1) is 9.75. The molecule has 1 aromatic rings. The summed E-state index contributed by atoms with van der Waals surface area (Å²) in [7, 11) is 0. The largest absolute Gasteiger partial charge is 0.507 e. The molecule has 0 bridgehead atoms. The minimum absolute atomic E-state index is 0.00241. The van der Waals surface area contributed by atoms with Gasteiger partial charge in [0.15, 0.2) is 0 Å². The maximum absolute atomic E-state index is 10.2. The summed E-state index contributed by atoms with van der Waals surface area (Å²) in [6.45, 7) is 8.36. The van der Waals surface area contributed by atoms with E-state index in [1.807, 2.05) is 27.7 Å². The molecule has 21 heavy (non-hydrogen) atoms. The van der Waals surface area contributed by atoms with E-state index < -0.39 is 0 Å². The second-order valence-corrected chi connectivity index (χ2v) is 5.95. The Morgan fingerprint density at radius 3 is 2.57 bits per heavy atom. The van der Waals surface area contributed by atoms with Gasteiger partial charge in [0.1, 0.15) is 17.1 Å². The van der Waals surface area contributed by atoms with Crippen LogP contribution in [0.1, 0.15) is 35.6 Å². The van der Waals surface area contributed by atoms with Crippen molar-refractivity contribution in [1.29, 1.82) is 0 Å². The zero-order valence-electron chi connectivity index (χ0n) is 13.1. The molecule has 6 nitrogen and oxygen atoms in total. The van der Waals surface area contributed by atoms with E-state index in [0.717, 1.165) is 40.8 Å². The van der Waals surface area contributed by atoms with Crippen LogP contribution in [-0.2, 0) is 6.42 Å². The molecule has 1 aliphatic heterocycles. The van der Waals surface area contributed by atoms with E-state index in [4.69, 9.17) is 16.2 Å². The number of nitrogens with zero attached hydrogens (tertiary/aromatic N) is 1. The monoisotopic (exact) mass is 292 g/mol. The Kier molecular flexibility index (Phi) is 3.89. The first kappa shape index (κ1) is 15.3.